The number of nitrogens with zero attached hydrogens (tertiary/aromatic N) is 2. The number of nitrogens with two attached hydrogens (primary N) is 1. The van der Waals surface area contributed by atoms with Crippen LogP contribution in [0.2, 0.25) is 0 Å². The lowest BCUT2D eigenvalue weighted by atomic mass is 10.00. The van der Waals surface area contributed by atoms with Crippen LogP contribution in [0.4, 0.5) is 0 Å². The predicted octanol–water partition coefficient (Wildman–Crippen LogP) is 1.83. The summed E-state index contributed by atoms with van der Waals surface area (Å²) in [6, 6.07) is 16.6. The number of benzene rings is 2. The summed E-state index contributed by atoms with van der Waals surface area (Å²) in [5.74, 6) is 1.26. The third-order valence-corrected chi connectivity index (χ3v) is 5.43. The normalized spacial score (nSPS) is 20.6. The van der Waals surface area contributed by atoms with Crippen molar-refractivity contribution < 1.29 is 9.84 Å². The van der Waals surface area contributed by atoms with E-state index in [-0.39, 0.29) is 6.04 Å². The van der Waals surface area contributed by atoms with Crippen LogP contribution in [0.5, 0.6) is 5.75 Å². The van der Waals surface area contributed by atoms with Crippen LogP contribution in [-0.2, 0) is 13.0 Å². The molecule has 2 aliphatic heterocycles. The maximum atomic E-state index is 10.4. The second kappa shape index (κ2) is 8.63. The van der Waals surface area contributed by atoms with Gasteiger partial charge in [-0.3, -0.25) is 9.89 Å². The summed E-state index contributed by atoms with van der Waals surface area (Å²) < 4.78 is 5.68. The highest BCUT2D eigenvalue weighted by molar-refractivity contribution is 5.78. The lowest BCUT2D eigenvalue weighted by Crippen LogP contribution is -2.40. The zero-order chi connectivity index (χ0) is 19.3. The number of nitrogens with one attached hydrogen (secondary N) is 1. The number of fused-ring (bicyclic) bond motifs is 2. The highest BCUT2D eigenvalue weighted by Crippen LogP contribution is 2.31. The molecule has 6 heteroatoms. The van der Waals surface area contributed by atoms with Gasteiger partial charge in [-0.1, -0.05) is 42.5 Å². The zero-order valence-electron chi connectivity index (χ0n) is 16.1. The van der Waals surface area contributed by atoms with E-state index in [2.05, 4.69) is 39.5 Å². The smallest absolute Gasteiger partial charge is 0.189 e. The quantitative estimate of drug-likeness (QED) is 0.545. The van der Waals surface area contributed by atoms with Gasteiger partial charge in [0.1, 0.15) is 5.75 Å². The van der Waals surface area contributed by atoms with Gasteiger partial charge in [0.05, 0.1) is 25.3 Å². The molecule has 2 aromatic rings. The first kappa shape index (κ1) is 18.8. The second-order valence-electron chi connectivity index (χ2n) is 7.51. The van der Waals surface area contributed by atoms with Crippen molar-refractivity contribution in [3.8, 4) is 5.75 Å². The summed E-state index contributed by atoms with van der Waals surface area (Å²) in [7, 11) is 0. The van der Waals surface area contributed by atoms with E-state index in [0.717, 1.165) is 37.2 Å². The van der Waals surface area contributed by atoms with E-state index in [9.17, 15) is 5.11 Å². The molecule has 4 N–H and O–H groups in total. The number of para-hydroxylation sites is 1. The molecule has 2 heterocycles. The minimum Gasteiger partial charge on any atom is -0.493 e. The van der Waals surface area contributed by atoms with Crippen molar-refractivity contribution in [2.45, 2.75) is 31.5 Å². The van der Waals surface area contributed by atoms with Gasteiger partial charge < -0.3 is 20.9 Å². The first-order chi connectivity index (χ1) is 13.7. The Kier molecular flexibility index (Phi) is 5.78. The van der Waals surface area contributed by atoms with Crippen molar-refractivity contribution in [3.63, 3.8) is 0 Å². The Morgan fingerprint density at radius 2 is 2.00 bits per heavy atom. The van der Waals surface area contributed by atoms with Crippen molar-refractivity contribution in [1.29, 1.82) is 0 Å². The van der Waals surface area contributed by atoms with E-state index in [1.54, 1.807) is 0 Å². The Labute approximate surface area is 166 Å². The Morgan fingerprint density at radius 1 is 1.21 bits per heavy atom. The molecule has 148 valence electrons. The monoisotopic (exact) mass is 380 g/mol. The Bertz CT molecular complexity index is 839. The van der Waals surface area contributed by atoms with Crippen molar-refractivity contribution in [2.24, 2.45) is 10.7 Å². The third-order valence-electron chi connectivity index (χ3n) is 5.43. The molecule has 0 fully saturated rings. The van der Waals surface area contributed by atoms with Crippen LogP contribution >= 0.6 is 0 Å². The number of hydrogen-bond acceptors (Lipinski definition) is 4. The lowest BCUT2D eigenvalue weighted by Gasteiger charge is -2.30. The second-order valence-corrected chi connectivity index (χ2v) is 7.51. The van der Waals surface area contributed by atoms with Gasteiger partial charge >= 0.3 is 0 Å². The molecule has 28 heavy (non-hydrogen) atoms. The molecular formula is C22H28N4O2. The molecule has 6 nitrogen and oxygen atoms in total. The molecule has 0 radical (unpaired) electrons. The molecule has 2 atom stereocenters. The van der Waals surface area contributed by atoms with E-state index in [1.807, 2.05) is 24.3 Å². The van der Waals surface area contributed by atoms with Gasteiger partial charge in [0, 0.05) is 31.6 Å². The van der Waals surface area contributed by atoms with Gasteiger partial charge in [-0.2, -0.15) is 0 Å². The van der Waals surface area contributed by atoms with E-state index < -0.39 is 6.10 Å². The molecule has 0 bridgehead atoms. The first-order valence-corrected chi connectivity index (χ1v) is 9.94. The lowest BCUT2D eigenvalue weighted by molar-refractivity contribution is 0.111. The number of guanidine groups is 1. The SMILES string of the molecule is NC(=NCC(O)CN1CCc2ccccc2C1)NC1CCOc2ccccc21. The molecule has 2 unspecified atom stereocenters. The van der Waals surface area contributed by atoms with Gasteiger partial charge in [0.15, 0.2) is 5.96 Å². The summed E-state index contributed by atoms with van der Waals surface area (Å²) in [5.41, 5.74) is 9.94. The van der Waals surface area contributed by atoms with E-state index in [1.165, 1.54) is 11.1 Å². The fraction of sp³-hybridized carbons (Fsp3) is 0.409. The number of rotatable bonds is 5. The Balaban J connectivity index is 1.28. The Morgan fingerprint density at radius 3 is 2.89 bits per heavy atom. The van der Waals surface area contributed by atoms with Gasteiger partial charge in [-0.05, 0) is 23.6 Å². The summed E-state index contributed by atoms with van der Waals surface area (Å²) in [5, 5.41) is 13.7. The summed E-state index contributed by atoms with van der Waals surface area (Å²) in [6.45, 7) is 3.39. The number of ether oxygens (including phenoxy) is 1. The average molecular weight is 380 g/mol. The largest absolute Gasteiger partial charge is 0.493 e. The number of hydrogen-bond donors (Lipinski definition) is 3. The minimum atomic E-state index is -0.535. The van der Waals surface area contributed by atoms with Crippen molar-refractivity contribution in [2.75, 3.05) is 26.2 Å². The highest BCUT2D eigenvalue weighted by atomic mass is 16.5. The van der Waals surface area contributed by atoms with Crippen molar-refractivity contribution >= 4 is 5.96 Å². The van der Waals surface area contributed by atoms with E-state index in [0.29, 0.717) is 25.7 Å². The van der Waals surface area contributed by atoms with Crippen LogP contribution in [0.15, 0.2) is 53.5 Å². The molecule has 0 saturated carbocycles. The third kappa shape index (κ3) is 4.46. The van der Waals surface area contributed by atoms with Gasteiger partial charge in [-0.25, -0.2) is 0 Å². The fourth-order valence-electron chi connectivity index (χ4n) is 3.99. The number of β-amino-alcohol motifs (C(OH)–C–C–N with tert-alkyl or cyclic N) is 1. The molecular weight excluding hydrogens is 352 g/mol. The maximum Gasteiger partial charge on any atom is 0.189 e. The van der Waals surface area contributed by atoms with Crippen molar-refractivity contribution in [3.05, 3.63) is 65.2 Å². The average Bonchev–Trinajstić information content (AvgIpc) is 2.72. The van der Waals surface area contributed by atoms with E-state index in [4.69, 9.17) is 10.5 Å². The van der Waals surface area contributed by atoms with Crippen LogP contribution in [0.3, 0.4) is 0 Å². The molecule has 4 rings (SSSR count). The van der Waals surface area contributed by atoms with Gasteiger partial charge in [-0.15, -0.1) is 0 Å². The topological polar surface area (TPSA) is 83.1 Å². The van der Waals surface area contributed by atoms with Gasteiger partial charge in [0.25, 0.3) is 0 Å². The molecule has 0 saturated heterocycles. The van der Waals surface area contributed by atoms with Crippen LogP contribution in [0.25, 0.3) is 0 Å². The maximum absolute atomic E-state index is 10.4. The number of aliphatic hydroxyl groups is 1. The van der Waals surface area contributed by atoms with Gasteiger partial charge in [0.2, 0.25) is 0 Å². The van der Waals surface area contributed by atoms with E-state index >= 15 is 0 Å². The summed E-state index contributed by atoms with van der Waals surface area (Å²) in [6.07, 6.45) is 1.33. The number of aliphatic hydroxyl groups excluding tert-OH is 1. The molecule has 0 amide bonds. The highest BCUT2D eigenvalue weighted by Gasteiger charge is 2.22. The minimum absolute atomic E-state index is 0.0874. The number of aliphatic imine (C=N–C) groups is 1. The molecule has 0 aliphatic carbocycles. The predicted molar refractivity (Wildman–Crippen MR) is 110 cm³/mol. The van der Waals surface area contributed by atoms with Crippen LogP contribution < -0.4 is 15.8 Å². The first-order valence-electron chi connectivity index (χ1n) is 9.94. The summed E-state index contributed by atoms with van der Waals surface area (Å²) in [4.78, 5) is 6.65. The molecule has 0 aromatic heterocycles. The van der Waals surface area contributed by atoms with Crippen molar-refractivity contribution in [1.82, 2.24) is 10.2 Å². The summed E-state index contributed by atoms with van der Waals surface area (Å²) >= 11 is 0. The fourth-order valence-corrected chi connectivity index (χ4v) is 3.99. The molecule has 2 aliphatic rings. The van der Waals surface area contributed by atoms with Crippen LogP contribution in [-0.4, -0.2) is 48.3 Å². The molecule has 2 aromatic carbocycles. The Hall–Kier alpha value is -2.57. The zero-order valence-corrected chi connectivity index (χ0v) is 16.1. The molecule has 0 spiro atoms. The van der Waals surface area contributed by atoms with Crippen LogP contribution in [0, 0.1) is 0 Å². The van der Waals surface area contributed by atoms with Crippen LogP contribution in [0.1, 0.15) is 29.2 Å². The standard InChI is InChI=1S/C22H28N4O2/c23-22(25-20-10-12-28-21-8-4-3-7-19(20)21)24-13-18(27)15-26-11-9-16-5-1-2-6-17(16)14-26/h1-8,18,20,27H,9-15H2,(H3,23,24,25).